The summed E-state index contributed by atoms with van der Waals surface area (Å²) >= 11 is 0. The summed E-state index contributed by atoms with van der Waals surface area (Å²) in [7, 11) is 1.66. The zero-order valence-corrected chi connectivity index (χ0v) is 12.2. The van der Waals surface area contributed by atoms with Gasteiger partial charge < -0.3 is 15.2 Å². The van der Waals surface area contributed by atoms with Crippen molar-refractivity contribution in [3.8, 4) is 0 Å². The van der Waals surface area contributed by atoms with Gasteiger partial charge in [-0.05, 0) is 12.5 Å². The van der Waals surface area contributed by atoms with Crippen LogP contribution in [0, 0.1) is 0 Å². The molecule has 4 heterocycles. The molecule has 22 heavy (non-hydrogen) atoms. The van der Waals surface area contributed by atoms with Gasteiger partial charge in [0.1, 0.15) is 5.65 Å². The van der Waals surface area contributed by atoms with E-state index in [0.717, 1.165) is 40.5 Å². The van der Waals surface area contributed by atoms with Gasteiger partial charge in [-0.2, -0.15) is 10.2 Å². The summed E-state index contributed by atoms with van der Waals surface area (Å²) in [6, 6.07) is 1.98. The number of urea groups is 1. The minimum atomic E-state index is -0.0378. The van der Waals surface area contributed by atoms with E-state index in [1.54, 1.807) is 13.2 Å². The van der Waals surface area contributed by atoms with Crippen LogP contribution in [0.2, 0.25) is 0 Å². The number of rotatable bonds is 1. The molecule has 3 aromatic rings. The number of carbonyl (C=O) groups excluding carboxylic acids is 1. The molecule has 1 unspecified atom stereocenters. The quantitative estimate of drug-likeness (QED) is 0.714. The van der Waals surface area contributed by atoms with E-state index in [-0.39, 0.29) is 11.9 Å². The van der Waals surface area contributed by atoms with Crippen molar-refractivity contribution < 1.29 is 4.79 Å². The summed E-state index contributed by atoms with van der Waals surface area (Å²) in [4.78, 5) is 21.1. The van der Waals surface area contributed by atoms with Crippen molar-refractivity contribution in [1.29, 1.82) is 0 Å². The number of fused-ring (bicyclic) bond motifs is 3. The topological polar surface area (TPSA) is 86.8 Å². The SMILES string of the molecule is CNC(=O)N1CCC(c2nncc3cnc4[nH]ccc4c23)C1. The Hall–Kier alpha value is -2.70. The number of hydrogen-bond donors (Lipinski definition) is 2. The van der Waals surface area contributed by atoms with E-state index in [2.05, 4.69) is 25.5 Å². The number of hydrogen-bond acceptors (Lipinski definition) is 4. The molecule has 0 aliphatic carbocycles. The summed E-state index contributed by atoms with van der Waals surface area (Å²) in [5.41, 5.74) is 1.80. The molecule has 1 atom stereocenters. The molecule has 0 aromatic carbocycles. The Morgan fingerprint density at radius 2 is 2.36 bits per heavy atom. The summed E-state index contributed by atoms with van der Waals surface area (Å²) in [5, 5.41) is 14.3. The summed E-state index contributed by atoms with van der Waals surface area (Å²) in [6.07, 6.45) is 6.34. The number of aromatic nitrogens is 4. The molecule has 2 amide bonds. The monoisotopic (exact) mass is 296 g/mol. The second kappa shape index (κ2) is 4.94. The Bertz CT molecular complexity index is 857. The molecule has 2 N–H and O–H groups in total. The molecule has 1 fully saturated rings. The Kier molecular flexibility index (Phi) is 2.92. The highest BCUT2D eigenvalue weighted by molar-refractivity contribution is 6.05. The highest BCUT2D eigenvalue weighted by atomic mass is 16.2. The number of likely N-dealkylation sites (tertiary alicyclic amines) is 1. The van der Waals surface area contributed by atoms with Crippen molar-refractivity contribution >= 4 is 27.8 Å². The molecule has 112 valence electrons. The molecule has 0 radical (unpaired) electrons. The van der Waals surface area contributed by atoms with Gasteiger partial charge in [0, 0.05) is 54.6 Å². The summed E-state index contributed by atoms with van der Waals surface area (Å²) in [6.45, 7) is 1.41. The lowest BCUT2D eigenvalue weighted by Gasteiger charge is -2.16. The Labute approximate surface area is 126 Å². The standard InChI is InChI=1S/C15H16N6O/c1-16-15(22)21-5-3-9(8-21)13-12-10(7-19-20-13)6-18-14-11(12)2-4-17-14/h2,4,6-7,9H,3,5,8H2,1H3,(H,16,22)(H,17,18). The Morgan fingerprint density at radius 1 is 1.45 bits per heavy atom. The van der Waals surface area contributed by atoms with Crippen LogP contribution < -0.4 is 5.32 Å². The van der Waals surface area contributed by atoms with Crippen LogP contribution in [-0.4, -0.2) is 51.2 Å². The highest BCUT2D eigenvalue weighted by Crippen LogP contribution is 2.33. The molecular formula is C15H16N6O. The molecule has 0 spiro atoms. The normalized spacial score (nSPS) is 18.2. The van der Waals surface area contributed by atoms with Crippen molar-refractivity contribution in [3.05, 3.63) is 30.4 Å². The van der Waals surface area contributed by atoms with Crippen LogP contribution in [0.25, 0.3) is 21.8 Å². The van der Waals surface area contributed by atoms with Crippen LogP contribution in [-0.2, 0) is 0 Å². The predicted molar refractivity (Wildman–Crippen MR) is 82.6 cm³/mol. The van der Waals surface area contributed by atoms with Crippen molar-refractivity contribution in [2.45, 2.75) is 12.3 Å². The van der Waals surface area contributed by atoms with Crippen LogP contribution in [0.5, 0.6) is 0 Å². The molecule has 1 aliphatic heterocycles. The molecule has 0 saturated carbocycles. The Balaban J connectivity index is 1.82. The third-order valence-corrected chi connectivity index (χ3v) is 4.31. The van der Waals surface area contributed by atoms with Gasteiger partial charge in [-0.1, -0.05) is 0 Å². The molecule has 7 nitrogen and oxygen atoms in total. The lowest BCUT2D eigenvalue weighted by atomic mass is 9.98. The van der Waals surface area contributed by atoms with Gasteiger partial charge in [0.25, 0.3) is 0 Å². The first-order chi connectivity index (χ1) is 10.8. The number of nitrogens with zero attached hydrogens (tertiary/aromatic N) is 4. The van der Waals surface area contributed by atoms with Gasteiger partial charge in [0.15, 0.2) is 0 Å². The third kappa shape index (κ3) is 1.89. The smallest absolute Gasteiger partial charge is 0.317 e. The maximum Gasteiger partial charge on any atom is 0.317 e. The number of H-pyrrole nitrogens is 1. The molecule has 1 aliphatic rings. The number of amides is 2. The van der Waals surface area contributed by atoms with Crippen molar-refractivity contribution in [1.82, 2.24) is 30.4 Å². The zero-order chi connectivity index (χ0) is 15.1. The first-order valence-corrected chi connectivity index (χ1v) is 7.32. The maximum atomic E-state index is 11.8. The number of nitrogens with one attached hydrogen (secondary N) is 2. The molecule has 0 bridgehead atoms. The average molecular weight is 296 g/mol. The lowest BCUT2D eigenvalue weighted by Crippen LogP contribution is -2.36. The number of carbonyl (C=O) groups is 1. The van der Waals surface area contributed by atoms with Crippen LogP contribution in [0.1, 0.15) is 18.0 Å². The fourth-order valence-corrected chi connectivity index (χ4v) is 3.22. The minimum absolute atomic E-state index is 0.0378. The third-order valence-electron chi connectivity index (χ3n) is 4.31. The van der Waals surface area contributed by atoms with Crippen molar-refractivity contribution in [2.75, 3.05) is 20.1 Å². The van der Waals surface area contributed by atoms with Gasteiger partial charge in [-0.3, -0.25) is 0 Å². The van der Waals surface area contributed by atoms with Crippen LogP contribution in [0.3, 0.4) is 0 Å². The van der Waals surface area contributed by atoms with Gasteiger partial charge in [0.2, 0.25) is 0 Å². The van der Waals surface area contributed by atoms with Crippen molar-refractivity contribution in [2.24, 2.45) is 0 Å². The van der Waals surface area contributed by atoms with E-state index in [1.165, 1.54) is 0 Å². The van der Waals surface area contributed by atoms with Crippen LogP contribution in [0.4, 0.5) is 4.79 Å². The zero-order valence-electron chi connectivity index (χ0n) is 12.2. The van der Waals surface area contributed by atoms with Gasteiger partial charge in [-0.15, -0.1) is 0 Å². The highest BCUT2D eigenvalue weighted by Gasteiger charge is 2.29. The molecule has 1 saturated heterocycles. The maximum absolute atomic E-state index is 11.8. The fourth-order valence-electron chi connectivity index (χ4n) is 3.22. The van der Waals surface area contributed by atoms with Gasteiger partial charge >= 0.3 is 6.03 Å². The largest absolute Gasteiger partial charge is 0.346 e. The second-order valence-corrected chi connectivity index (χ2v) is 5.55. The van der Waals surface area contributed by atoms with E-state index in [4.69, 9.17) is 0 Å². The van der Waals surface area contributed by atoms with E-state index >= 15 is 0 Å². The Morgan fingerprint density at radius 3 is 3.23 bits per heavy atom. The van der Waals surface area contributed by atoms with Gasteiger partial charge in [-0.25, -0.2) is 9.78 Å². The molecular weight excluding hydrogens is 280 g/mol. The van der Waals surface area contributed by atoms with Crippen LogP contribution >= 0.6 is 0 Å². The van der Waals surface area contributed by atoms with E-state index < -0.39 is 0 Å². The van der Waals surface area contributed by atoms with E-state index in [9.17, 15) is 4.79 Å². The predicted octanol–water partition coefficient (Wildman–Crippen LogP) is 1.63. The van der Waals surface area contributed by atoms with Gasteiger partial charge in [0.05, 0.1) is 11.9 Å². The summed E-state index contributed by atoms with van der Waals surface area (Å²) < 4.78 is 0. The lowest BCUT2D eigenvalue weighted by molar-refractivity contribution is 0.210. The van der Waals surface area contributed by atoms with Crippen molar-refractivity contribution in [3.63, 3.8) is 0 Å². The fraction of sp³-hybridized carbons (Fsp3) is 0.333. The second-order valence-electron chi connectivity index (χ2n) is 5.55. The molecule has 4 rings (SSSR count). The van der Waals surface area contributed by atoms with E-state index in [1.807, 2.05) is 23.4 Å². The first-order valence-electron chi connectivity index (χ1n) is 7.32. The average Bonchev–Trinajstić information content (AvgIpc) is 3.22. The van der Waals surface area contributed by atoms with Crippen LogP contribution in [0.15, 0.2) is 24.7 Å². The molecule has 3 aromatic heterocycles. The summed E-state index contributed by atoms with van der Waals surface area (Å²) in [5.74, 6) is 0.203. The minimum Gasteiger partial charge on any atom is -0.346 e. The van der Waals surface area contributed by atoms with E-state index in [0.29, 0.717) is 6.54 Å². The number of pyridine rings is 1. The first kappa shape index (κ1) is 13.0. The number of aromatic amines is 1. The molecule has 7 heteroatoms.